The van der Waals surface area contributed by atoms with Gasteiger partial charge >= 0.3 is 0 Å². The minimum absolute atomic E-state index is 0.110. The van der Waals surface area contributed by atoms with Crippen molar-refractivity contribution in [1.82, 2.24) is 19.9 Å². The Kier molecular flexibility index (Phi) is 4.41. The number of aromatic nitrogens is 4. The third-order valence-electron chi connectivity index (χ3n) is 5.06. The van der Waals surface area contributed by atoms with Crippen molar-refractivity contribution in [3.05, 3.63) is 60.2 Å². The molecule has 0 aromatic carbocycles. The summed E-state index contributed by atoms with van der Waals surface area (Å²) in [5.41, 5.74) is 7.69. The Bertz CT molecular complexity index is 1030. The van der Waals surface area contributed by atoms with Crippen molar-refractivity contribution in [3.63, 3.8) is 0 Å². The maximum absolute atomic E-state index is 13.0. The number of rotatable bonds is 4. The summed E-state index contributed by atoms with van der Waals surface area (Å²) >= 11 is 0. The van der Waals surface area contributed by atoms with E-state index in [4.69, 9.17) is 11.0 Å². The first-order valence-electron chi connectivity index (χ1n) is 8.83. The number of carbonyl (C=O) groups excluding carboxylic acids is 1. The lowest BCUT2D eigenvalue weighted by molar-refractivity contribution is -0.124. The molecule has 0 spiro atoms. The Hall–Kier alpha value is -3.86. The molecule has 0 radical (unpaired) electrons. The highest BCUT2D eigenvalue weighted by Gasteiger charge is 2.46. The standard InChI is InChI=1S/C20H17N7O/c21-8-13-2-5-17(24-9-13)27-18(28)20(6-1-7-20)15-3-4-16(23-12-15)14-10-25-19(22)26-11-14/h2-5,9-12H,1,6-7H2,(H2,22,25,26)(H,24,27,28). The topological polar surface area (TPSA) is 130 Å². The molecule has 0 aliphatic heterocycles. The molecule has 1 fully saturated rings. The van der Waals surface area contributed by atoms with Crippen molar-refractivity contribution in [1.29, 1.82) is 5.26 Å². The van der Waals surface area contributed by atoms with Gasteiger partial charge < -0.3 is 11.1 Å². The van der Waals surface area contributed by atoms with E-state index in [1.165, 1.54) is 6.20 Å². The van der Waals surface area contributed by atoms with Gasteiger partial charge in [-0.15, -0.1) is 0 Å². The average Bonchev–Trinajstić information content (AvgIpc) is 2.69. The van der Waals surface area contributed by atoms with Crippen molar-refractivity contribution in [3.8, 4) is 17.3 Å². The fourth-order valence-corrected chi connectivity index (χ4v) is 3.27. The lowest BCUT2D eigenvalue weighted by atomic mass is 9.64. The number of anilines is 2. The summed E-state index contributed by atoms with van der Waals surface area (Å²) in [7, 11) is 0. The summed E-state index contributed by atoms with van der Waals surface area (Å²) < 4.78 is 0. The predicted molar refractivity (Wildman–Crippen MR) is 103 cm³/mol. The van der Waals surface area contributed by atoms with E-state index in [1.807, 2.05) is 18.2 Å². The number of nitrogen functional groups attached to an aromatic ring is 1. The third-order valence-corrected chi connectivity index (χ3v) is 5.06. The summed E-state index contributed by atoms with van der Waals surface area (Å²) in [5.74, 6) is 0.530. The van der Waals surface area contributed by atoms with E-state index in [1.54, 1.807) is 30.7 Å². The van der Waals surface area contributed by atoms with Gasteiger partial charge in [0.2, 0.25) is 11.9 Å². The largest absolute Gasteiger partial charge is 0.368 e. The molecule has 8 nitrogen and oxygen atoms in total. The Morgan fingerprint density at radius 2 is 1.82 bits per heavy atom. The quantitative estimate of drug-likeness (QED) is 0.720. The molecule has 0 bridgehead atoms. The van der Waals surface area contributed by atoms with Crippen LogP contribution in [0, 0.1) is 11.3 Å². The normalized spacial score (nSPS) is 14.5. The van der Waals surface area contributed by atoms with Crippen molar-refractivity contribution in [2.75, 3.05) is 11.1 Å². The monoisotopic (exact) mass is 371 g/mol. The summed E-state index contributed by atoms with van der Waals surface area (Å²) in [6.45, 7) is 0. The zero-order chi connectivity index (χ0) is 19.6. The van der Waals surface area contributed by atoms with Crippen molar-refractivity contribution in [2.45, 2.75) is 24.7 Å². The fourth-order valence-electron chi connectivity index (χ4n) is 3.27. The number of pyridine rings is 2. The van der Waals surface area contributed by atoms with Gasteiger partial charge in [-0.2, -0.15) is 5.26 Å². The number of nitrogens with one attached hydrogen (secondary N) is 1. The number of nitrogens with zero attached hydrogens (tertiary/aromatic N) is 5. The molecule has 1 aliphatic carbocycles. The summed E-state index contributed by atoms with van der Waals surface area (Å²) in [5, 5.41) is 11.7. The van der Waals surface area contributed by atoms with Gasteiger partial charge in [0.1, 0.15) is 11.9 Å². The highest BCUT2D eigenvalue weighted by molar-refractivity contribution is 5.99. The van der Waals surface area contributed by atoms with Gasteiger partial charge in [-0.3, -0.25) is 9.78 Å². The molecule has 4 rings (SSSR count). The molecule has 28 heavy (non-hydrogen) atoms. The van der Waals surface area contributed by atoms with Crippen molar-refractivity contribution < 1.29 is 4.79 Å². The molecule has 0 saturated heterocycles. The number of amides is 1. The summed E-state index contributed by atoms with van der Waals surface area (Å²) in [4.78, 5) is 29.5. The van der Waals surface area contributed by atoms with Crippen LogP contribution in [0.3, 0.4) is 0 Å². The second-order valence-corrected chi connectivity index (χ2v) is 6.70. The maximum Gasteiger partial charge on any atom is 0.236 e. The van der Waals surface area contributed by atoms with Crippen LogP contribution in [0.1, 0.15) is 30.4 Å². The van der Waals surface area contributed by atoms with Gasteiger partial charge in [0.15, 0.2) is 0 Å². The third kappa shape index (κ3) is 3.14. The predicted octanol–water partition coefficient (Wildman–Crippen LogP) is 2.45. The number of nitrogens with two attached hydrogens (primary N) is 1. The second-order valence-electron chi connectivity index (χ2n) is 6.70. The number of hydrogen-bond donors (Lipinski definition) is 2. The molecule has 1 amide bonds. The first-order chi connectivity index (χ1) is 13.6. The van der Waals surface area contributed by atoms with E-state index in [0.717, 1.165) is 30.4 Å². The van der Waals surface area contributed by atoms with Gasteiger partial charge in [0.05, 0.1) is 16.7 Å². The molecule has 1 aliphatic rings. The number of carbonyl (C=O) groups is 1. The van der Waals surface area contributed by atoms with Gasteiger partial charge in [0.25, 0.3) is 0 Å². The van der Waals surface area contributed by atoms with Crippen LogP contribution < -0.4 is 11.1 Å². The van der Waals surface area contributed by atoms with Crippen LogP contribution in [0.5, 0.6) is 0 Å². The molecule has 1 saturated carbocycles. The molecular weight excluding hydrogens is 354 g/mol. The van der Waals surface area contributed by atoms with Crippen LogP contribution in [0.4, 0.5) is 11.8 Å². The molecule has 3 aromatic rings. The fraction of sp³-hybridized carbons (Fsp3) is 0.200. The first kappa shape index (κ1) is 17.5. The molecule has 138 valence electrons. The lowest BCUT2D eigenvalue weighted by Crippen LogP contribution is -2.46. The molecule has 3 heterocycles. The minimum atomic E-state index is -0.612. The second kappa shape index (κ2) is 7.04. The van der Waals surface area contributed by atoms with E-state index in [9.17, 15) is 4.79 Å². The van der Waals surface area contributed by atoms with Gasteiger partial charge in [-0.25, -0.2) is 15.0 Å². The van der Waals surface area contributed by atoms with E-state index in [0.29, 0.717) is 17.1 Å². The maximum atomic E-state index is 13.0. The van der Waals surface area contributed by atoms with Gasteiger partial charge in [-0.05, 0) is 36.6 Å². The molecule has 8 heteroatoms. The highest BCUT2D eigenvalue weighted by atomic mass is 16.2. The van der Waals surface area contributed by atoms with Crippen LogP contribution in [0.25, 0.3) is 11.3 Å². The van der Waals surface area contributed by atoms with E-state index < -0.39 is 5.41 Å². The number of nitriles is 1. The highest BCUT2D eigenvalue weighted by Crippen LogP contribution is 2.44. The first-order valence-corrected chi connectivity index (χ1v) is 8.83. The zero-order valence-electron chi connectivity index (χ0n) is 15.0. The minimum Gasteiger partial charge on any atom is -0.368 e. The van der Waals surface area contributed by atoms with E-state index in [-0.39, 0.29) is 11.9 Å². The van der Waals surface area contributed by atoms with E-state index >= 15 is 0 Å². The number of hydrogen-bond acceptors (Lipinski definition) is 7. The average molecular weight is 371 g/mol. The Labute approximate surface area is 161 Å². The zero-order valence-corrected chi connectivity index (χ0v) is 15.0. The summed E-state index contributed by atoms with van der Waals surface area (Å²) in [6.07, 6.45) is 8.88. The summed E-state index contributed by atoms with van der Waals surface area (Å²) in [6, 6.07) is 9.04. The lowest BCUT2D eigenvalue weighted by Gasteiger charge is -2.40. The smallest absolute Gasteiger partial charge is 0.236 e. The van der Waals surface area contributed by atoms with Crippen molar-refractivity contribution >= 4 is 17.7 Å². The van der Waals surface area contributed by atoms with Gasteiger partial charge in [-0.1, -0.05) is 12.5 Å². The van der Waals surface area contributed by atoms with Gasteiger partial charge in [0, 0.05) is 30.4 Å². The van der Waals surface area contributed by atoms with E-state index in [2.05, 4.69) is 25.3 Å². The molecule has 3 aromatic heterocycles. The molecule has 3 N–H and O–H groups in total. The molecule has 0 atom stereocenters. The Morgan fingerprint density at radius 1 is 1.04 bits per heavy atom. The van der Waals surface area contributed by atoms with Crippen LogP contribution in [-0.2, 0) is 10.2 Å². The van der Waals surface area contributed by atoms with Crippen LogP contribution >= 0.6 is 0 Å². The Balaban J connectivity index is 1.55. The van der Waals surface area contributed by atoms with Crippen molar-refractivity contribution in [2.24, 2.45) is 0 Å². The SMILES string of the molecule is N#Cc1ccc(NC(=O)C2(c3ccc(-c4cnc(N)nc4)nc3)CCC2)nc1. The molecule has 0 unspecified atom stereocenters. The van der Waals surface area contributed by atoms with Crippen LogP contribution in [0.2, 0.25) is 0 Å². The van der Waals surface area contributed by atoms with Crippen LogP contribution in [0.15, 0.2) is 49.1 Å². The van der Waals surface area contributed by atoms with Crippen LogP contribution in [-0.4, -0.2) is 25.8 Å². The Morgan fingerprint density at radius 3 is 2.36 bits per heavy atom. The molecular formula is C20H17N7O.